The molecule has 1 saturated heterocycles. The zero-order chi connectivity index (χ0) is 20.8. The van der Waals surface area contributed by atoms with Crippen LogP contribution in [0.4, 0.5) is 5.69 Å². The number of nitrogens with zero attached hydrogens (tertiary/aromatic N) is 3. The van der Waals surface area contributed by atoms with E-state index in [4.69, 9.17) is 9.47 Å². The molecule has 0 aromatic heterocycles. The molecule has 3 rings (SSSR count). The smallest absolute Gasteiger partial charge is 0.286 e. The van der Waals surface area contributed by atoms with Crippen molar-refractivity contribution in [2.24, 2.45) is 0 Å². The molecule has 2 aromatic carbocycles. The first-order valence-electron chi connectivity index (χ1n) is 9.49. The monoisotopic (exact) mass is 399 g/mol. The molecule has 29 heavy (non-hydrogen) atoms. The van der Waals surface area contributed by atoms with E-state index in [2.05, 4.69) is 17.0 Å². The molecule has 0 atom stereocenters. The summed E-state index contributed by atoms with van der Waals surface area (Å²) >= 11 is 0. The molecule has 8 heteroatoms. The zero-order valence-corrected chi connectivity index (χ0v) is 16.7. The fourth-order valence-electron chi connectivity index (χ4n) is 3.53. The van der Waals surface area contributed by atoms with Crippen molar-refractivity contribution in [2.75, 3.05) is 40.4 Å². The Hall–Kier alpha value is -3.13. The Morgan fingerprint density at radius 1 is 1.03 bits per heavy atom. The van der Waals surface area contributed by atoms with Gasteiger partial charge in [0.2, 0.25) is 0 Å². The number of nitro groups is 1. The van der Waals surface area contributed by atoms with Crippen molar-refractivity contribution in [3.05, 3.63) is 63.7 Å². The summed E-state index contributed by atoms with van der Waals surface area (Å²) < 4.78 is 10.4. The van der Waals surface area contributed by atoms with Crippen molar-refractivity contribution in [3.8, 4) is 11.5 Å². The number of rotatable bonds is 6. The topological polar surface area (TPSA) is 85.2 Å². The van der Waals surface area contributed by atoms with Crippen LogP contribution in [0.15, 0.2) is 42.5 Å². The lowest BCUT2D eigenvalue weighted by molar-refractivity contribution is -0.385. The van der Waals surface area contributed by atoms with E-state index in [-0.39, 0.29) is 22.9 Å². The Kier molecular flexibility index (Phi) is 6.66. The number of hydrogen-bond acceptors (Lipinski definition) is 6. The zero-order valence-electron chi connectivity index (χ0n) is 16.7. The average molecular weight is 399 g/mol. The second-order valence-electron chi connectivity index (χ2n) is 6.89. The third kappa shape index (κ3) is 4.83. The Balaban J connectivity index is 1.77. The second kappa shape index (κ2) is 9.38. The molecule has 1 aliphatic heterocycles. The number of benzene rings is 2. The lowest BCUT2D eigenvalue weighted by atomic mass is 10.1. The number of methoxy groups -OCH3 is 2. The minimum absolute atomic E-state index is 0.0177. The molecule has 154 valence electrons. The summed E-state index contributed by atoms with van der Waals surface area (Å²) in [5.41, 5.74) is 0.963. The Bertz CT molecular complexity index is 872. The van der Waals surface area contributed by atoms with Gasteiger partial charge in [-0.15, -0.1) is 0 Å². The van der Waals surface area contributed by atoms with Crippen LogP contribution in [0.1, 0.15) is 22.3 Å². The summed E-state index contributed by atoms with van der Waals surface area (Å²) in [6, 6.07) is 12.8. The number of ether oxygens (including phenoxy) is 2. The minimum atomic E-state index is -0.561. The molecule has 0 aliphatic carbocycles. The van der Waals surface area contributed by atoms with Crippen molar-refractivity contribution in [3.63, 3.8) is 0 Å². The van der Waals surface area contributed by atoms with Crippen LogP contribution < -0.4 is 9.47 Å². The summed E-state index contributed by atoms with van der Waals surface area (Å²) in [5.74, 6) is 0.154. The average Bonchev–Trinajstić information content (AvgIpc) is 2.98. The molecular weight excluding hydrogens is 374 g/mol. The van der Waals surface area contributed by atoms with Gasteiger partial charge in [-0.2, -0.15) is 0 Å². The summed E-state index contributed by atoms with van der Waals surface area (Å²) in [4.78, 5) is 28.1. The highest BCUT2D eigenvalue weighted by atomic mass is 16.6. The Morgan fingerprint density at radius 2 is 1.72 bits per heavy atom. The van der Waals surface area contributed by atoms with E-state index in [1.807, 2.05) is 18.2 Å². The predicted molar refractivity (Wildman–Crippen MR) is 108 cm³/mol. The largest absolute Gasteiger partial charge is 0.493 e. The van der Waals surface area contributed by atoms with Crippen molar-refractivity contribution in [1.29, 1.82) is 0 Å². The molecule has 0 unspecified atom stereocenters. The maximum Gasteiger partial charge on any atom is 0.286 e. The van der Waals surface area contributed by atoms with E-state index < -0.39 is 4.92 Å². The van der Waals surface area contributed by atoms with E-state index in [1.165, 1.54) is 31.9 Å². The maximum absolute atomic E-state index is 13.1. The van der Waals surface area contributed by atoms with Gasteiger partial charge in [0.1, 0.15) is 5.56 Å². The predicted octanol–water partition coefficient (Wildman–Crippen LogP) is 2.96. The van der Waals surface area contributed by atoms with Gasteiger partial charge >= 0.3 is 0 Å². The quantitative estimate of drug-likeness (QED) is 0.548. The molecule has 1 fully saturated rings. The molecule has 0 saturated carbocycles. The molecular formula is C21H25N3O5. The van der Waals surface area contributed by atoms with Crippen molar-refractivity contribution >= 4 is 11.6 Å². The fraction of sp³-hybridized carbons (Fsp3) is 0.381. The first-order valence-corrected chi connectivity index (χ1v) is 9.49. The van der Waals surface area contributed by atoms with Crippen molar-refractivity contribution < 1.29 is 19.2 Å². The second-order valence-corrected chi connectivity index (χ2v) is 6.89. The molecule has 8 nitrogen and oxygen atoms in total. The van der Waals surface area contributed by atoms with E-state index in [1.54, 1.807) is 4.90 Å². The van der Waals surface area contributed by atoms with Gasteiger partial charge in [0.15, 0.2) is 11.5 Å². The molecule has 0 spiro atoms. The van der Waals surface area contributed by atoms with Crippen molar-refractivity contribution in [2.45, 2.75) is 13.0 Å². The third-order valence-corrected chi connectivity index (χ3v) is 5.05. The van der Waals surface area contributed by atoms with Crippen LogP contribution in [-0.4, -0.2) is 61.0 Å². The van der Waals surface area contributed by atoms with Gasteiger partial charge in [0.05, 0.1) is 25.2 Å². The third-order valence-electron chi connectivity index (χ3n) is 5.05. The first kappa shape index (κ1) is 20.6. The highest BCUT2D eigenvalue weighted by Crippen LogP contribution is 2.35. The molecule has 0 radical (unpaired) electrons. The van der Waals surface area contributed by atoms with E-state index in [9.17, 15) is 14.9 Å². The van der Waals surface area contributed by atoms with E-state index >= 15 is 0 Å². The van der Waals surface area contributed by atoms with Crippen LogP contribution in [0.5, 0.6) is 11.5 Å². The van der Waals surface area contributed by atoms with Gasteiger partial charge in [-0.05, 0) is 12.0 Å². The van der Waals surface area contributed by atoms with Crippen LogP contribution in [0.25, 0.3) is 0 Å². The lowest BCUT2D eigenvalue weighted by Gasteiger charge is -2.22. The molecule has 1 amide bonds. The van der Waals surface area contributed by atoms with E-state index in [0.717, 1.165) is 19.5 Å². The van der Waals surface area contributed by atoms with Gasteiger partial charge in [-0.1, -0.05) is 30.3 Å². The summed E-state index contributed by atoms with van der Waals surface area (Å²) in [6.07, 6.45) is 0.805. The van der Waals surface area contributed by atoms with Crippen LogP contribution >= 0.6 is 0 Å². The number of nitro benzene ring substituents is 1. The molecule has 1 aliphatic rings. The number of amides is 1. The summed E-state index contributed by atoms with van der Waals surface area (Å²) in [5, 5.41) is 11.5. The van der Waals surface area contributed by atoms with Gasteiger partial charge in [0.25, 0.3) is 11.6 Å². The van der Waals surface area contributed by atoms with Crippen molar-refractivity contribution in [1.82, 2.24) is 9.80 Å². The highest BCUT2D eigenvalue weighted by Gasteiger charge is 2.29. The number of carbonyl (C=O) groups is 1. The van der Waals surface area contributed by atoms with Crippen LogP contribution in [-0.2, 0) is 6.54 Å². The highest BCUT2D eigenvalue weighted by molar-refractivity contribution is 5.99. The summed E-state index contributed by atoms with van der Waals surface area (Å²) in [7, 11) is 2.84. The van der Waals surface area contributed by atoms with Gasteiger partial charge in [0, 0.05) is 38.8 Å². The first-order chi connectivity index (χ1) is 14.0. The SMILES string of the molecule is COc1cc(C(=O)N2CCCN(Cc3ccccc3)CC2)c([N+](=O)[O-])cc1OC. The summed E-state index contributed by atoms with van der Waals surface area (Å²) in [6.45, 7) is 3.46. The Morgan fingerprint density at radius 3 is 2.38 bits per heavy atom. The molecule has 0 N–H and O–H groups in total. The molecule has 2 aromatic rings. The minimum Gasteiger partial charge on any atom is -0.493 e. The van der Waals surface area contributed by atoms with Crippen LogP contribution in [0.2, 0.25) is 0 Å². The molecule has 1 heterocycles. The maximum atomic E-state index is 13.1. The van der Waals surface area contributed by atoms with Gasteiger partial charge < -0.3 is 14.4 Å². The van der Waals surface area contributed by atoms with E-state index in [0.29, 0.717) is 25.4 Å². The number of carbonyl (C=O) groups excluding carboxylic acids is 1. The normalized spacial score (nSPS) is 14.9. The molecule has 0 bridgehead atoms. The van der Waals surface area contributed by atoms with Crippen LogP contribution in [0, 0.1) is 10.1 Å². The van der Waals surface area contributed by atoms with Gasteiger partial charge in [-0.3, -0.25) is 19.8 Å². The van der Waals surface area contributed by atoms with Crippen LogP contribution in [0.3, 0.4) is 0 Å². The lowest BCUT2D eigenvalue weighted by Crippen LogP contribution is -2.35. The Labute approximate surface area is 169 Å². The van der Waals surface area contributed by atoms with Gasteiger partial charge in [-0.25, -0.2) is 0 Å². The fourth-order valence-corrected chi connectivity index (χ4v) is 3.53. The standard InChI is InChI=1S/C21H25N3O5/c1-28-19-13-17(18(24(26)27)14-20(19)29-2)21(25)23-10-6-9-22(11-12-23)15-16-7-4-3-5-8-16/h3-5,7-8,13-14H,6,9-12,15H2,1-2H3. The number of hydrogen-bond donors (Lipinski definition) is 0.